The molecule has 0 spiro atoms. The van der Waals surface area contributed by atoms with Gasteiger partial charge >= 0.3 is 0 Å². The molecule has 1 aromatic heterocycles. The fraction of sp³-hybridized carbons (Fsp3) is 0.238. The molecule has 3 aromatic rings. The van der Waals surface area contributed by atoms with Crippen molar-refractivity contribution < 1.29 is 4.74 Å². The molecule has 27 heavy (non-hydrogen) atoms. The molecule has 0 bridgehead atoms. The zero-order valence-electron chi connectivity index (χ0n) is 15.5. The van der Waals surface area contributed by atoms with Gasteiger partial charge in [0.2, 0.25) is 0 Å². The maximum Gasteiger partial charge on any atom is 0.136 e. The zero-order valence-corrected chi connectivity index (χ0v) is 16.3. The van der Waals surface area contributed by atoms with E-state index in [1.807, 2.05) is 68.4 Å². The first-order valence-electron chi connectivity index (χ1n) is 8.96. The van der Waals surface area contributed by atoms with Gasteiger partial charge in [0.25, 0.3) is 0 Å². The Bertz CT molecular complexity index is 866. The van der Waals surface area contributed by atoms with Gasteiger partial charge in [0.1, 0.15) is 23.2 Å². The van der Waals surface area contributed by atoms with E-state index in [-0.39, 0.29) is 0 Å². The lowest BCUT2D eigenvalue weighted by atomic mass is 10.1. The van der Waals surface area contributed by atoms with Gasteiger partial charge in [-0.25, -0.2) is 9.97 Å². The van der Waals surface area contributed by atoms with Crippen molar-refractivity contribution in [2.75, 3.05) is 23.8 Å². The quantitative estimate of drug-likeness (QED) is 0.558. The molecule has 0 atom stereocenters. The van der Waals surface area contributed by atoms with Crippen LogP contribution in [0.25, 0.3) is 0 Å². The highest BCUT2D eigenvalue weighted by Crippen LogP contribution is 2.20. The highest BCUT2D eigenvalue weighted by atomic mass is 35.5. The van der Waals surface area contributed by atoms with Crippen LogP contribution in [0, 0.1) is 6.92 Å². The van der Waals surface area contributed by atoms with Gasteiger partial charge in [0, 0.05) is 23.3 Å². The number of rotatable bonds is 8. The first kappa shape index (κ1) is 19.0. The average molecular weight is 383 g/mol. The Hall–Kier alpha value is -2.79. The van der Waals surface area contributed by atoms with E-state index < -0.39 is 0 Å². The van der Waals surface area contributed by atoms with Crippen molar-refractivity contribution in [2.24, 2.45) is 0 Å². The van der Waals surface area contributed by atoms with Gasteiger partial charge in [-0.15, -0.1) is 0 Å². The Morgan fingerprint density at radius 2 is 1.67 bits per heavy atom. The number of hydrogen-bond donors (Lipinski definition) is 2. The largest absolute Gasteiger partial charge is 0.494 e. The van der Waals surface area contributed by atoms with Crippen LogP contribution in [0.1, 0.15) is 18.3 Å². The molecule has 0 aliphatic rings. The first-order valence-corrected chi connectivity index (χ1v) is 9.34. The minimum atomic E-state index is 0.656. The summed E-state index contributed by atoms with van der Waals surface area (Å²) in [5, 5.41) is 7.42. The number of ether oxygens (including phenoxy) is 1. The molecule has 0 amide bonds. The van der Waals surface area contributed by atoms with Gasteiger partial charge in [-0.1, -0.05) is 23.7 Å². The molecular weight excluding hydrogens is 360 g/mol. The van der Waals surface area contributed by atoms with E-state index in [0.29, 0.717) is 12.4 Å². The Kier molecular flexibility index (Phi) is 6.49. The standard InChI is InChI=1S/C21H23ClN4O/c1-3-27-19-10-8-18(9-11-19)26-21-14-20(24-15(2)25-21)23-13-12-16-4-6-17(22)7-5-16/h4-11,14H,3,12-13H2,1-2H3,(H2,23,24,25,26). The highest BCUT2D eigenvalue weighted by molar-refractivity contribution is 6.30. The van der Waals surface area contributed by atoms with E-state index in [2.05, 4.69) is 20.6 Å². The Labute approximate surface area is 164 Å². The zero-order chi connectivity index (χ0) is 19.1. The molecule has 0 fully saturated rings. The SMILES string of the molecule is CCOc1ccc(Nc2cc(NCCc3ccc(Cl)cc3)nc(C)n2)cc1. The van der Waals surface area contributed by atoms with Gasteiger partial charge < -0.3 is 15.4 Å². The van der Waals surface area contributed by atoms with Crippen molar-refractivity contribution in [1.29, 1.82) is 0 Å². The Morgan fingerprint density at radius 1 is 0.963 bits per heavy atom. The van der Waals surface area contributed by atoms with Crippen LogP contribution in [0.3, 0.4) is 0 Å². The minimum absolute atomic E-state index is 0.656. The molecule has 0 saturated carbocycles. The summed E-state index contributed by atoms with van der Waals surface area (Å²) in [5.41, 5.74) is 2.18. The summed E-state index contributed by atoms with van der Waals surface area (Å²) in [7, 11) is 0. The van der Waals surface area contributed by atoms with E-state index >= 15 is 0 Å². The fourth-order valence-corrected chi connectivity index (χ4v) is 2.78. The van der Waals surface area contributed by atoms with Crippen LogP contribution in [0.2, 0.25) is 5.02 Å². The summed E-state index contributed by atoms with van der Waals surface area (Å²) in [6.45, 7) is 5.29. The molecule has 2 aromatic carbocycles. The molecule has 5 nitrogen and oxygen atoms in total. The third-order valence-corrected chi connectivity index (χ3v) is 4.16. The molecule has 0 saturated heterocycles. The van der Waals surface area contributed by atoms with Gasteiger partial charge in [0.15, 0.2) is 0 Å². The third-order valence-electron chi connectivity index (χ3n) is 3.91. The maximum atomic E-state index is 5.92. The van der Waals surface area contributed by atoms with E-state index in [0.717, 1.165) is 41.1 Å². The topological polar surface area (TPSA) is 59.1 Å². The molecule has 6 heteroatoms. The molecule has 3 rings (SSSR count). The maximum absolute atomic E-state index is 5.92. The number of nitrogens with one attached hydrogen (secondary N) is 2. The second kappa shape index (κ2) is 9.24. The minimum Gasteiger partial charge on any atom is -0.494 e. The highest BCUT2D eigenvalue weighted by Gasteiger charge is 2.03. The van der Waals surface area contributed by atoms with Gasteiger partial charge in [-0.2, -0.15) is 0 Å². The number of nitrogens with zero attached hydrogens (tertiary/aromatic N) is 2. The van der Waals surface area contributed by atoms with Gasteiger partial charge in [0.05, 0.1) is 6.61 Å². The molecule has 0 aliphatic heterocycles. The monoisotopic (exact) mass is 382 g/mol. The molecule has 1 heterocycles. The van der Waals surface area contributed by atoms with Crippen molar-refractivity contribution in [3.05, 3.63) is 71.0 Å². The van der Waals surface area contributed by atoms with Crippen molar-refractivity contribution in [3.63, 3.8) is 0 Å². The van der Waals surface area contributed by atoms with Crippen molar-refractivity contribution in [1.82, 2.24) is 9.97 Å². The number of halogens is 1. The second-order valence-corrected chi connectivity index (χ2v) is 6.51. The Morgan fingerprint density at radius 3 is 2.37 bits per heavy atom. The predicted octanol–water partition coefficient (Wildman–Crippen LogP) is 5.24. The van der Waals surface area contributed by atoms with Gasteiger partial charge in [-0.05, 0) is 62.2 Å². The normalized spacial score (nSPS) is 10.5. The summed E-state index contributed by atoms with van der Waals surface area (Å²) in [6, 6.07) is 17.6. The molecular formula is C21H23ClN4O. The summed E-state index contributed by atoms with van der Waals surface area (Å²) >= 11 is 5.92. The van der Waals surface area contributed by atoms with Crippen molar-refractivity contribution >= 4 is 28.9 Å². The molecule has 2 N–H and O–H groups in total. The first-order chi connectivity index (χ1) is 13.1. The van der Waals surface area contributed by atoms with Crippen LogP contribution in [0.15, 0.2) is 54.6 Å². The van der Waals surface area contributed by atoms with Crippen LogP contribution >= 0.6 is 11.6 Å². The number of aryl methyl sites for hydroxylation is 1. The average Bonchev–Trinajstić information content (AvgIpc) is 2.65. The number of aromatic nitrogens is 2. The van der Waals surface area contributed by atoms with E-state index in [1.54, 1.807) is 0 Å². The van der Waals surface area contributed by atoms with Gasteiger partial charge in [-0.3, -0.25) is 0 Å². The summed E-state index contributed by atoms with van der Waals surface area (Å²) in [5.74, 6) is 3.11. The van der Waals surface area contributed by atoms with Crippen LogP contribution < -0.4 is 15.4 Å². The molecule has 140 valence electrons. The lowest BCUT2D eigenvalue weighted by molar-refractivity contribution is 0.340. The number of benzene rings is 2. The van der Waals surface area contributed by atoms with E-state index in [1.165, 1.54) is 5.56 Å². The van der Waals surface area contributed by atoms with E-state index in [9.17, 15) is 0 Å². The fourth-order valence-electron chi connectivity index (χ4n) is 2.66. The second-order valence-electron chi connectivity index (χ2n) is 6.07. The van der Waals surface area contributed by atoms with Crippen LogP contribution in [0.5, 0.6) is 5.75 Å². The van der Waals surface area contributed by atoms with Crippen molar-refractivity contribution in [3.8, 4) is 5.75 Å². The van der Waals surface area contributed by atoms with Crippen LogP contribution in [-0.2, 0) is 6.42 Å². The lowest BCUT2D eigenvalue weighted by Crippen LogP contribution is -2.08. The number of hydrogen-bond acceptors (Lipinski definition) is 5. The molecule has 0 aliphatic carbocycles. The lowest BCUT2D eigenvalue weighted by Gasteiger charge is -2.11. The van der Waals surface area contributed by atoms with Crippen molar-refractivity contribution in [2.45, 2.75) is 20.3 Å². The summed E-state index contributed by atoms with van der Waals surface area (Å²) in [4.78, 5) is 8.91. The molecule has 0 unspecified atom stereocenters. The summed E-state index contributed by atoms with van der Waals surface area (Å²) in [6.07, 6.45) is 0.891. The third kappa shape index (κ3) is 5.86. The summed E-state index contributed by atoms with van der Waals surface area (Å²) < 4.78 is 5.47. The smallest absolute Gasteiger partial charge is 0.136 e. The van der Waals surface area contributed by atoms with Crippen LogP contribution in [0.4, 0.5) is 17.3 Å². The van der Waals surface area contributed by atoms with E-state index in [4.69, 9.17) is 16.3 Å². The number of anilines is 3. The van der Waals surface area contributed by atoms with Crippen LogP contribution in [-0.4, -0.2) is 23.1 Å². The predicted molar refractivity (Wildman–Crippen MR) is 111 cm³/mol. The molecule has 0 radical (unpaired) electrons. The Balaban J connectivity index is 1.60.